The molecular formula is C16H26N2O2. The number of hydrogen-bond donors (Lipinski definition) is 2. The second-order valence-corrected chi connectivity index (χ2v) is 5.88. The van der Waals surface area contributed by atoms with Crippen molar-refractivity contribution in [2.24, 2.45) is 11.8 Å². The quantitative estimate of drug-likeness (QED) is 0.732. The van der Waals surface area contributed by atoms with Crippen LogP contribution in [0.5, 0.6) is 0 Å². The Kier molecular flexibility index (Phi) is 6.49. The topological polar surface area (TPSA) is 58.2 Å². The van der Waals surface area contributed by atoms with Crippen LogP contribution in [-0.4, -0.2) is 24.9 Å². The molecule has 2 atom stereocenters. The number of rotatable bonds is 6. The van der Waals surface area contributed by atoms with Crippen LogP contribution in [0.4, 0.5) is 0 Å². The van der Waals surface area contributed by atoms with Gasteiger partial charge in [-0.3, -0.25) is 9.59 Å². The summed E-state index contributed by atoms with van der Waals surface area (Å²) in [5.41, 5.74) is 1.09. The minimum absolute atomic E-state index is 0.0669. The average Bonchev–Trinajstić information content (AvgIpc) is 2.42. The lowest BCUT2D eigenvalue weighted by atomic mass is 9.81. The fourth-order valence-corrected chi connectivity index (χ4v) is 2.55. The summed E-state index contributed by atoms with van der Waals surface area (Å²) in [4.78, 5) is 23.0. The highest BCUT2D eigenvalue weighted by Gasteiger charge is 2.22. The van der Waals surface area contributed by atoms with Crippen molar-refractivity contribution in [3.05, 3.63) is 24.3 Å². The molecule has 0 saturated heterocycles. The van der Waals surface area contributed by atoms with Crippen LogP contribution in [0, 0.1) is 11.8 Å². The summed E-state index contributed by atoms with van der Waals surface area (Å²) in [7, 11) is 0. The van der Waals surface area contributed by atoms with Gasteiger partial charge >= 0.3 is 0 Å². The van der Waals surface area contributed by atoms with Crippen LogP contribution in [0.1, 0.15) is 39.5 Å². The minimum Gasteiger partial charge on any atom is -0.352 e. The lowest BCUT2D eigenvalue weighted by Gasteiger charge is -2.29. The molecule has 0 spiro atoms. The average molecular weight is 278 g/mol. The van der Waals surface area contributed by atoms with Gasteiger partial charge in [-0.25, -0.2) is 0 Å². The molecule has 0 aromatic carbocycles. The highest BCUT2D eigenvalue weighted by molar-refractivity contribution is 5.92. The van der Waals surface area contributed by atoms with Gasteiger partial charge in [-0.05, 0) is 44.9 Å². The first-order valence-corrected chi connectivity index (χ1v) is 7.27. The Morgan fingerprint density at radius 1 is 0.950 bits per heavy atom. The van der Waals surface area contributed by atoms with E-state index in [0.29, 0.717) is 36.1 Å². The van der Waals surface area contributed by atoms with E-state index in [1.165, 1.54) is 0 Å². The number of carbonyl (C=O) groups is 2. The molecule has 1 aliphatic rings. The number of amides is 2. The molecule has 4 heteroatoms. The second-order valence-electron chi connectivity index (χ2n) is 5.88. The van der Waals surface area contributed by atoms with E-state index >= 15 is 0 Å². The van der Waals surface area contributed by atoms with Gasteiger partial charge in [-0.2, -0.15) is 0 Å². The monoisotopic (exact) mass is 278 g/mol. The first-order chi connectivity index (χ1) is 9.40. The van der Waals surface area contributed by atoms with Crippen LogP contribution in [0.3, 0.4) is 0 Å². The molecule has 0 aromatic rings. The van der Waals surface area contributed by atoms with Crippen molar-refractivity contribution in [1.29, 1.82) is 0 Å². The zero-order valence-corrected chi connectivity index (χ0v) is 12.6. The van der Waals surface area contributed by atoms with Gasteiger partial charge in [0.25, 0.3) is 0 Å². The lowest BCUT2D eigenvalue weighted by molar-refractivity contribution is -0.118. The van der Waals surface area contributed by atoms with Crippen LogP contribution in [-0.2, 0) is 9.59 Å². The maximum atomic E-state index is 11.5. The summed E-state index contributed by atoms with van der Waals surface area (Å²) in [5.74, 6) is 0.864. The van der Waals surface area contributed by atoms with Crippen molar-refractivity contribution in [2.45, 2.75) is 39.5 Å². The smallest absolute Gasteiger partial charge is 0.246 e. The van der Waals surface area contributed by atoms with Crippen molar-refractivity contribution in [3.8, 4) is 0 Å². The molecule has 1 fully saturated rings. The van der Waals surface area contributed by atoms with Crippen LogP contribution in [0.15, 0.2) is 24.3 Å². The van der Waals surface area contributed by atoms with Gasteiger partial charge in [0.1, 0.15) is 0 Å². The van der Waals surface area contributed by atoms with E-state index in [4.69, 9.17) is 0 Å². The molecule has 4 nitrogen and oxygen atoms in total. The standard InChI is InChI=1S/C16H26N2O2/c1-11(2)15(19)17-9-13-6-5-7-14(8-13)10-18-16(20)12(3)4/h13-14H,1,3,5-10H2,2,4H3,(H,17,19)(H,18,20). The Hall–Kier alpha value is -1.58. The Bertz CT molecular complexity index is 365. The van der Waals surface area contributed by atoms with Crippen LogP contribution in [0.25, 0.3) is 0 Å². The highest BCUT2D eigenvalue weighted by Crippen LogP contribution is 2.28. The van der Waals surface area contributed by atoms with Gasteiger partial charge in [0.15, 0.2) is 0 Å². The number of carbonyl (C=O) groups excluding carboxylic acids is 2. The van der Waals surface area contributed by atoms with E-state index in [1.54, 1.807) is 13.8 Å². The summed E-state index contributed by atoms with van der Waals surface area (Å²) in [6, 6.07) is 0. The van der Waals surface area contributed by atoms with E-state index in [-0.39, 0.29) is 11.8 Å². The minimum atomic E-state index is -0.0669. The molecule has 112 valence electrons. The van der Waals surface area contributed by atoms with Crippen molar-refractivity contribution in [3.63, 3.8) is 0 Å². The Labute approximate surface area is 121 Å². The third kappa shape index (κ3) is 5.59. The van der Waals surface area contributed by atoms with Crippen LogP contribution >= 0.6 is 0 Å². The van der Waals surface area contributed by atoms with Crippen LogP contribution < -0.4 is 10.6 Å². The lowest BCUT2D eigenvalue weighted by Crippen LogP contribution is -2.35. The largest absolute Gasteiger partial charge is 0.352 e. The van der Waals surface area contributed by atoms with E-state index < -0.39 is 0 Å². The van der Waals surface area contributed by atoms with E-state index in [1.807, 2.05) is 0 Å². The van der Waals surface area contributed by atoms with Crippen molar-refractivity contribution in [2.75, 3.05) is 13.1 Å². The van der Waals surface area contributed by atoms with Crippen molar-refractivity contribution in [1.82, 2.24) is 10.6 Å². The molecule has 0 aliphatic heterocycles. The van der Waals surface area contributed by atoms with Gasteiger partial charge in [0, 0.05) is 24.2 Å². The van der Waals surface area contributed by atoms with Gasteiger partial charge in [0.2, 0.25) is 11.8 Å². The van der Waals surface area contributed by atoms with Gasteiger partial charge in [0.05, 0.1) is 0 Å². The van der Waals surface area contributed by atoms with E-state index in [2.05, 4.69) is 23.8 Å². The Morgan fingerprint density at radius 3 is 1.70 bits per heavy atom. The summed E-state index contributed by atoms with van der Waals surface area (Å²) in [6.07, 6.45) is 4.48. The SMILES string of the molecule is C=C(C)C(=O)NCC1CCCC(CNC(=O)C(=C)C)C1. The fourth-order valence-electron chi connectivity index (χ4n) is 2.55. The molecule has 0 aromatic heterocycles. The van der Waals surface area contributed by atoms with Crippen molar-refractivity contribution >= 4 is 11.8 Å². The van der Waals surface area contributed by atoms with Gasteiger partial charge in [-0.15, -0.1) is 0 Å². The van der Waals surface area contributed by atoms with Crippen molar-refractivity contribution < 1.29 is 9.59 Å². The Morgan fingerprint density at radius 2 is 1.35 bits per heavy atom. The predicted molar refractivity (Wildman–Crippen MR) is 81.1 cm³/mol. The normalized spacial score (nSPS) is 21.9. The molecule has 0 radical (unpaired) electrons. The number of hydrogen-bond acceptors (Lipinski definition) is 2. The van der Waals surface area contributed by atoms with E-state index in [9.17, 15) is 9.59 Å². The maximum absolute atomic E-state index is 11.5. The summed E-state index contributed by atoms with van der Waals surface area (Å²) in [5, 5.41) is 5.83. The third-order valence-electron chi connectivity index (χ3n) is 3.77. The molecule has 2 amide bonds. The molecule has 2 N–H and O–H groups in total. The first-order valence-electron chi connectivity index (χ1n) is 7.27. The summed E-state index contributed by atoms with van der Waals surface area (Å²) >= 11 is 0. The number of nitrogens with one attached hydrogen (secondary N) is 2. The highest BCUT2D eigenvalue weighted by atomic mass is 16.2. The van der Waals surface area contributed by atoms with E-state index in [0.717, 1.165) is 25.7 Å². The molecule has 1 rings (SSSR count). The second kappa shape index (κ2) is 7.88. The first kappa shape index (κ1) is 16.5. The third-order valence-corrected chi connectivity index (χ3v) is 3.77. The van der Waals surface area contributed by atoms with Crippen LogP contribution in [0.2, 0.25) is 0 Å². The molecule has 0 bridgehead atoms. The zero-order valence-electron chi connectivity index (χ0n) is 12.6. The van der Waals surface area contributed by atoms with Gasteiger partial charge in [-0.1, -0.05) is 19.6 Å². The fraction of sp³-hybridized carbons (Fsp3) is 0.625. The maximum Gasteiger partial charge on any atom is 0.246 e. The Balaban J connectivity index is 2.31. The summed E-state index contributed by atoms with van der Waals surface area (Å²) < 4.78 is 0. The molecule has 0 heterocycles. The summed E-state index contributed by atoms with van der Waals surface area (Å²) in [6.45, 7) is 12.1. The molecule has 1 aliphatic carbocycles. The van der Waals surface area contributed by atoms with Gasteiger partial charge < -0.3 is 10.6 Å². The predicted octanol–water partition coefficient (Wildman–Crippen LogP) is 2.18. The molecule has 1 saturated carbocycles. The molecule has 2 unspecified atom stereocenters. The molecular weight excluding hydrogens is 252 g/mol. The zero-order chi connectivity index (χ0) is 15.1. The molecule has 20 heavy (non-hydrogen) atoms.